The molecule has 0 unspecified atom stereocenters. The molecule has 0 saturated heterocycles. The maximum atomic E-state index is 10.7. The Hall–Kier alpha value is -2.92. The first-order chi connectivity index (χ1) is 7.61. The summed E-state index contributed by atoms with van der Waals surface area (Å²) < 4.78 is 0. The van der Waals surface area contributed by atoms with Crippen LogP contribution in [-0.4, -0.2) is 62.8 Å². The number of rotatable bonds is 3. The third-order valence-corrected chi connectivity index (χ3v) is 1.47. The molecule has 0 spiro atoms. The summed E-state index contributed by atoms with van der Waals surface area (Å²) in [5.41, 5.74) is 0. The lowest BCUT2D eigenvalue weighted by atomic mass is 10.6. The molecule has 12 heteroatoms. The van der Waals surface area contributed by atoms with Gasteiger partial charge in [-0.1, -0.05) is 19.8 Å². The van der Waals surface area contributed by atoms with Crippen LogP contribution in [0, 0.1) is 0 Å². The van der Waals surface area contributed by atoms with Crippen LogP contribution in [0.3, 0.4) is 0 Å². The van der Waals surface area contributed by atoms with Crippen LogP contribution in [0.15, 0.2) is 0 Å². The van der Waals surface area contributed by atoms with Gasteiger partial charge < -0.3 is 10.2 Å². The van der Waals surface area contributed by atoms with E-state index in [4.69, 9.17) is 10.2 Å². The Morgan fingerprint density at radius 1 is 0.875 bits per heavy atom. The second-order valence-corrected chi connectivity index (χ2v) is 2.39. The second kappa shape index (κ2) is 3.34. The number of aromatic nitrogens is 8. The number of nitrogens with zero attached hydrogens (tertiary/aromatic N) is 8. The number of carbonyl (C=O) groups is 2. The molecule has 2 aromatic heterocycles. The molecule has 0 saturated carbocycles. The Bertz CT molecular complexity index is 506. The van der Waals surface area contributed by atoms with Gasteiger partial charge in [0.25, 0.3) is 11.6 Å². The van der Waals surface area contributed by atoms with Crippen molar-refractivity contribution in [3.63, 3.8) is 0 Å². The molecule has 2 N–H and O–H groups in total. The summed E-state index contributed by atoms with van der Waals surface area (Å²) >= 11 is 0. The van der Waals surface area contributed by atoms with Crippen molar-refractivity contribution in [2.45, 2.75) is 0 Å². The summed E-state index contributed by atoms with van der Waals surface area (Å²) in [5, 5.41) is 36.4. The van der Waals surface area contributed by atoms with Gasteiger partial charge in [0.2, 0.25) is 0 Å². The van der Waals surface area contributed by atoms with Gasteiger partial charge in [0.1, 0.15) is 0 Å². The van der Waals surface area contributed by atoms with Crippen molar-refractivity contribution in [3.05, 3.63) is 11.6 Å². The second-order valence-electron chi connectivity index (χ2n) is 2.39. The highest BCUT2D eigenvalue weighted by Gasteiger charge is 2.22. The smallest absolute Gasteiger partial charge is 0.377 e. The van der Waals surface area contributed by atoms with Gasteiger partial charge >= 0.3 is 11.9 Å². The van der Waals surface area contributed by atoms with E-state index in [0.29, 0.717) is 9.58 Å². The van der Waals surface area contributed by atoms with Crippen LogP contribution in [0.4, 0.5) is 0 Å². The van der Waals surface area contributed by atoms with Crippen molar-refractivity contribution in [2.75, 3.05) is 0 Å². The molecule has 2 aromatic rings. The van der Waals surface area contributed by atoms with E-state index in [1.54, 1.807) is 0 Å². The molecule has 0 aliphatic carbocycles. The predicted molar refractivity (Wildman–Crippen MR) is 40.3 cm³/mol. The minimum Gasteiger partial charge on any atom is -0.475 e. The highest BCUT2D eigenvalue weighted by atomic mass is 16.4. The Morgan fingerprint density at radius 3 is 1.56 bits per heavy atom. The van der Waals surface area contributed by atoms with Crippen LogP contribution < -0.4 is 0 Å². The van der Waals surface area contributed by atoms with Gasteiger partial charge in [0.15, 0.2) is 0 Å². The van der Waals surface area contributed by atoms with Gasteiger partial charge in [-0.25, -0.2) is 9.59 Å². The van der Waals surface area contributed by atoms with Crippen LogP contribution in [0.1, 0.15) is 21.2 Å². The number of carboxylic acid groups (broad SMARTS) is 2. The van der Waals surface area contributed by atoms with Crippen molar-refractivity contribution >= 4 is 11.9 Å². The van der Waals surface area contributed by atoms with Crippen LogP contribution in [0.5, 0.6) is 0 Å². The first-order valence-electron chi connectivity index (χ1n) is 3.65. The fourth-order valence-electron chi connectivity index (χ4n) is 0.877. The van der Waals surface area contributed by atoms with E-state index in [0.717, 1.165) is 0 Å². The van der Waals surface area contributed by atoms with Crippen molar-refractivity contribution < 1.29 is 19.8 Å². The largest absolute Gasteiger partial charge is 0.475 e. The first-order valence-corrected chi connectivity index (χ1v) is 3.65. The van der Waals surface area contributed by atoms with Crippen molar-refractivity contribution in [3.8, 4) is 0 Å². The molecule has 0 aliphatic heterocycles. The lowest BCUT2D eigenvalue weighted by Gasteiger charge is -1.99. The molecule has 82 valence electrons. The molecule has 12 nitrogen and oxygen atoms in total. The Labute approximate surface area is 85.1 Å². The molecular formula is C4H2N8O4. The van der Waals surface area contributed by atoms with Crippen molar-refractivity contribution in [2.24, 2.45) is 0 Å². The van der Waals surface area contributed by atoms with Gasteiger partial charge in [-0.15, -0.1) is 0 Å². The molecule has 0 aliphatic rings. The molecule has 16 heavy (non-hydrogen) atoms. The van der Waals surface area contributed by atoms with Crippen molar-refractivity contribution in [1.29, 1.82) is 0 Å². The van der Waals surface area contributed by atoms with Gasteiger partial charge in [-0.05, 0) is 20.9 Å². The Morgan fingerprint density at radius 2 is 1.25 bits per heavy atom. The SMILES string of the molecule is O=C(O)c1nnnn1-n1nnnc1C(=O)O. The third-order valence-electron chi connectivity index (χ3n) is 1.47. The topological polar surface area (TPSA) is 162 Å². The summed E-state index contributed by atoms with van der Waals surface area (Å²) in [6, 6.07) is 0. The van der Waals surface area contributed by atoms with Gasteiger partial charge in [-0.3, -0.25) is 0 Å². The Kier molecular flexibility index (Phi) is 2.01. The fourth-order valence-corrected chi connectivity index (χ4v) is 0.877. The Balaban J connectivity index is 2.59. The van der Waals surface area contributed by atoms with E-state index in [9.17, 15) is 9.59 Å². The van der Waals surface area contributed by atoms with E-state index in [-0.39, 0.29) is 0 Å². The zero-order valence-corrected chi connectivity index (χ0v) is 7.29. The van der Waals surface area contributed by atoms with E-state index in [1.807, 2.05) is 0 Å². The summed E-state index contributed by atoms with van der Waals surface area (Å²) in [4.78, 5) is 22.4. The molecule has 0 aromatic carbocycles. The minimum absolute atomic E-state index is 0.547. The number of aromatic carboxylic acids is 2. The lowest BCUT2D eigenvalue weighted by molar-refractivity contribution is 0.0645. The average molecular weight is 226 g/mol. The normalized spacial score (nSPS) is 10.2. The zero-order valence-electron chi connectivity index (χ0n) is 7.29. The van der Waals surface area contributed by atoms with E-state index >= 15 is 0 Å². The number of carboxylic acids is 2. The monoisotopic (exact) mass is 226 g/mol. The molecular weight excluding hydrogens is 224 g/mol. The predicted octanol–water partition coefficient (Wildman–Crippen LogP) is -2.63. The quantitative estimate of drug-likeness (QED) is 0.565. The molecule has 0 fully saturated rings. The van der Waals surface area contributed by atoms with E-state index in [1.165, 1.54) is 0 Å². The average Bonchev–Trinajstić information content (AvgIpc) is 2.85. The molecule has 0 bridgehead atoms. The zero-order chi connectivity index (χ0) is 11.7. The van der Waals surface area contributed by atoms with Crippen molar-refractivity contribution in [1.82, 2.24) is 40.6 Å². The molecule has 2 rings (SSSR count). The van der Waals surface area contributed by atoms with Gasteiger partial charge in [0.05, 0.1) is 0 Å². The minimum atomic E-state index is -1.45. The van der Waals surface area contributed by atoms with E-state index in [2.05, 4.69) is 31.1 Å². The number of tetrazole rings is 2. The van der Waals surface area contributed by atoms with Crippen LogP contribution >= 0.6 is 0 Å². The summed E-state index contributed by atoms with van der Waals surface area (Å²) in [6.45, 7) is 0. The molecule has 0 atom stereocenters. The summed E-state index contributed by atoms with van der Waals surface area (Å²) in [7, 11) is 0. The van der Waals surface area contributed by atoms with Crippen LogP contribution in [0.2, 0.25) is 0 Å². The highest BCUT2D eigenvalue weighted by Crippen LogP contribution is 1.96. The fraction of sp³-hybridized carbons (Fsp3) is 0. The highest BCUT2D eigenvalue weighted by molar-refractivity contribution is 5.84. The summed E-state index contributed by atoms with van der Waals surface area (Å²) in [6.07, 6.45) is 0. The first kappa shape index (κ1) is 9.63. The van der Waals surface area contributed by atoms with Gasteiger partial charge in [0, 0.05) is 0 Å². The lowest BCUT2D eigenvalue weighted by Crippen LogP contribution is -2.23. The number of hydrogen-bond donors (Lipinski definition) is 2. The maximum Gasteiger partial charge on any atom is 0.377 e. The molecule has 0 radical (unpaired) electrons. The summed E-state index contributed by atoms with van der Waals surface area (Å²) in [5.74, 6) is -4.13. The maximum absolute atomic E-state index is 10.7. The molecule has 0 amide bonds. The van der Waals surface area contributed by atoms with Gasteiger partial charge in [-0.2, -0.15) is 0 Å². The standard InChI is InChI=1S/C4H2N8O4/c13-3(14)1-5-7-9-11(1)12-2(4(15)16)6-8-10-12/h(H,13,14)(H,15,16). The van der Waals surface area contributed by atoms with Crippen LogP contribution in [0.25, 0.3) is 0 Å². The van der Waals surface area contributed by atoms with E-state index < -0.39 is 23.6 Å². The third kappa shape index (κ3) is 1.33. The van der Waals surface area contributed by atoms with Crippen LogP contribution in [-0.2, 0) is 0 Å². The number of hydrogen-bond acceptors (Lipinski definition) is 8. The molecule has 2 heterocycles.